The number of thiophene rings is 1. The zero-order chi connectivity index (χ0) is 14.8. The topological polar surface area (TPSA) is 72.5 Å². The van der Waals surface area contributed by atoms with Crippen LogP contribution in [0.15, 0.2) is 24.3 Å². The van der Waals surface area contributed by atoms with Crippen molar-refractivity contribution < 1.29 is 17.9 Å². The summed E-state index contributed by atoms with van der Waals surface area (Å²) in [5.74, 6) is -0.820. The second kappa shape index (κ2) is 5.99. The smallest absolute Gasteiger partial charge is 0.350 e. The third kappa shape index (κ3) is 3.05. The first-order valence-electron chi connectivity index (χ1n) is 5.65. The Morgan fingerprint density at radius 3 is 2.75 bits per heavy atom. The van der Waals surface area contributed by atoms with Crippen molar-refractivity contribution in [3.8, 4) is 0 Å². The molecule has 8 heteroatoms. The lowest BCUT2D eigenvalue weighted by atomic mass is 10.2. The first-order valence-corrected chi connectivity index (χ1v) is 8.65. The standard InChI is InChI=1S/C12H12ClNO4S2/c1-18-12(15)11-10(14-20(16,17)7-6-13)8-4-2-3-5-9(8)19-11/h2-5,14H,6-7H2,1H3. The van der Waals surface area contributed by atoms with Crippen LogP contribution in [0.2, 0.25) is 0 Å². The van der Waals surface area contributed by atoms with Crippen molar-refractivity contribution in [2.24, 2.45) is 0 Å². The van der Waals surface area contributed by atoms with Crippen LogP contribution in [0.4, 0.5) is 5.69 Å². The number of halogens is 1. The van der Waals surface area contributed by atoms with Crippen LogP contribution in [-0.2, 0) is 14.8 Å². The maximum atomic E-state index is 11.9. The van der Waals surface area contributed by atoms with Crippen LogP contribution in [0.1, 0.15) is 9.67 Å². The number of esters is 1. The largest absolute Gasteiger partial charge is 0.465 e. The van der Waals surface area contributed by atoms with Crippen molar-refractivity contribution in [2.45, 2.75) is 0 Å². The number of hydrogen-bond acceptors (Lipinski definition) is 5. The fourth-order valence-corrected chi connectivity index (χ4v) is 4.27. The third-order valence-corrected chi connectivity index (χ3v) is 5.39. The van der Waals surface area contributed by atoms with Crippen LogP contribution in [0, 0.1) is 0 Å². The Morgan fingerprint density at radius 2 is 2.10 bits per heavy atom. The van der Waals surface area contributed by atoms with Gasteiger partial charge in [0.1, 0.15) is 4.88 Å². The SMILES string of the molecule is COC(=O)c1sc2ccccc2c1NS(=O)(=O)CCCl. The predicted molar refractivity (Wildman–Crippen MR) is 81.3 cm³/mol. The molecule has 2 aromatic rings. The zero-order valence-corrected chi connectivity index (χ0v) is 12.9. The molecule has 1 aromatic heterocycles. The summed E-state index contributed by atoms with van der Waals surface area (Å²) in [4.78, 5) is 12.0. The van der Waals surface area contributed by atoms with Gasteiger partial charge >= 0.3 is 5.97 Å². The lowest BCUT2D eigenvalue weighted by Gasteiger charge is -2.07. The van der Waals surface area contributed by atoms with E-state index in [1.165, 1.54) is 18.4 Å². The first kappa shape index (κ1) is 15.1. The number of rotatable bonds is 5. The summed E-state index contributed by atoms with van der Waals surface area (Å²) in [7, 11) is -2.34. The molecule has 20 heavy (non-hydrogen) atoms. The Hall–Kier alpha value is -1.31. The van der Waals surface area contributed by atoms with Gasteiger partial charge in [0, 0.05) is 16.0 Å². The van der Waals surface area contributed by atoms with Gasteiger partial charge in [-0.05, 0) is 6.07 Å². The van der Waals surface area contributed by atoms with Gasteiger partial charge in [0.25, 0.3) is 0 Å². The maximum Gasteiger partial charge on any atom is 0.350 e. The Morgan fingerprint density at radius 1 is 1.40 bits per heavy atom. The summed E-state index contributed by atoms with van der Waals surface area (Å²) >= 11 is 6.65. The molecule has 1 N–H and O–H groups in total. The third-order valence-electron chi connectivity index (χ3n) is 2.57. The number of fused-ring (bicyclic) bond motifs is 1. The molecule has 0 aliphatic carbocycles. The molecule has 0 radical (unpaired) electrons. The van der Waals surface area contributed by atoms with E-state index < -0.39 is 16.0 Å². The fourth-order valence-electron chi connectivity index (χ4n) is 1.69. The molecule has 108 valence electrons. The monoisotopic (exact) mass is 333 g/mol. The summed E-state index contributed by atoms with van der Waals surface area (Å²) in [6.45, 7) is 0. The van der Waals surface area contributed by atoms with Gasteiger partial charge in [-0.3, -0.25) is 4.72 Å². The molecule has 0 saturated heterocycles. The van der Waals surface area contributed by atoms with E-state index in [0.29, 0.717) is 5.39 Å². The van der Waals surface area contributed by atoms with Crippen LogP contribution in [-0.4, -0.2) is 33.1 Å². The molecule has 0 unspecified atom stereocenters. The highest BCUT2D eigenvalue weighted by molar-refractivity contribution is 7.92. The Bertz CT molecular complexity index is 739. The number of sulfonamides is 1. The van der Waals surface area contributed by atoms with Crippen molar-refractivity contribution in [3.63, 3.8) is 0 Å². The minimum absolute atomic E-state index is 0.0229. The second-order valence-corrected chi connectivity index (χ2v) is 7.18. The van der Waals surface area contributed by atoms with Crippen LogP contribution in [0.5, 0.6) is 0 Å². The highest BCUT2D eigenvalue weighted by Crippen LogP contribution is 2.36. The number of hydrogen-bond donors (Lipinski definition) is 1. The van der Waals surface area contributed by atoms with Crippen LogP contribution < -0.4 is 4.72 Å². The van der Waals surface area contributed by atoms with Gasteiger partial charge in [0.05, 0.1) is 18.6 Å². The summed E-state index contributed by atoms with van der Waals surface area (Å²) in [5.41, 5.74) is 0.252. The summed E-state index contributed by atoms with van der Waals surface area (Å²) in [6.07, 6.45) is 0. The van der Waals surface area contributed by atoms with Gasteiger partial charge in [-0.25, -0.2) is 13.2 Å². The molecule has 1 heterocycles. The van der Waals surface area contributed by atoms with Crippen molar-refractivity contribution in [1.29, 1.82) is 0 Å². The number of benzene rings is 1. The average Bonchev–Trinajstić information content (AvgIpc) is 2.76. The minimum Gasteiger partial charge on any atom is -0.465 e. The van der Waals surface area contributed by atoms with Gasteiger partial charge in [0.15, 0.2) is 0 Å². The highest BCUT2D eigenvalue weighted by atomic mass is 35.5. The molecule has 0 aliphatic rings. The molecular weight excluding hydrogens is 322 g/mol. The molecule has 0 atom stereocenters. The van der Waals surface area contributed by atoms with Gasteiger partial charge in [-0.15, -0.1) is 22.9 Å². The first-order chi connectivity index (χ1) is 9.48. The van der Waals surface area contributed by atoms with E-state index in [2.05, 4.69) is 4.72 Å². The maximum absolute atomic E-state index is 11.9. The molecule has 0 saturated carbocycles. The van der Waals surface area contributed by atoms with Crippen LogP contribution in [0.25, 0.3) is 10.1 Å². The minimum atomic E-state index is -3.59. The summed E-state index contributed by atoms with van der Waals surface area (Å²) in [5, 5.41) is 0.663. The van der Waals surface area contributed by atoms with E-state index >= 15 is 0 Å². The van der Waals surface area contributed by atoms with Crippen LogP contribution in [0.3, 0.4) is 0 Å². The molecule has 5 nitrogen and oxygen atoms in total. The van der Waals surface area contributed by atoms with Crippen molar-refractivity contribution in [2.75, 3.05) is 23.5 Å². The van der Waals surface area contributed by atoms with E-state index in [0.717, 1.165) is 4.70 Å². The molecule has 1 aromatic carbocycles. The van der Waals surface area contributed by atoms with E-state index in [-0.39, 0.29) is 22.2 Å². The quantitative estimate of drug-likeness (QED) is 0.674. The Kier molecular flexibility index (Phi) is 4.52. The molecule has 0 amide bonds. The second-order valence-electron chi connectivity index (χ2n) is 3.90. The van der Waals surface area contributed by atoms with Gasteiger partial charge in [-0.2, -0.15) is 0 Å². The number of methoxy groups -OCH3 is 1. The molecule has 0 aliphatic heterocycles. The molecule has 2 rings (SSSR count). The zero-order valence-electron chi connectivity index (χ0n) is 10.6. The molecule has 0 spiro atoms. The lowest BCUT2D eigenvalue weighted by Crippen LogP contribution is -2.18. The normalized spacial score (nSPS) is 11.5. The summed E-state index contributed by atoms with van der Waals surface area (Å²) in [6, 6.07) is 7.15. The number of carbonyl (C=O) groups is 1. The van der Waals surface area contributed by atoms with E-state index in [9.17, 15) is 13.2 Å². The summed E-state index contributed by atoms with van der Waals surface area (Å²) < 4.78 is 31.6. The van der Waals surface area contributed by atoms with Gasteiger partial charge < -0.3 is 4.74 Å². The van der Waals surface area contributed by atoms with Crippen molar-refractivity contribution in [1.82, 2.24) is 0 Å². The average molecular weight is 334 g/mol. The molecule has 0 fully saturated rings. The molecular formula is C12H12ClNO4S2. The number of carbonyl (C=O) groups excluding carboxylic acids is 1. The van der Waals surface area contributed by atoms with E-state index in [1.807, 2.05) is 12.1 Å². The molecule has 0 bridgehead atoms. The number of nitrogens with one attached hydrogen (secondary N) is 1. The van der Waals surface area contributed by atoms with Gasteiger partial charge in [0.2, 0.25) is 10.0 Å². The van der Waals surface area contributed by atoms with Gasteiger partial charge in [-0.1, -0.05) is 18.2 Å². The number of ether oxygens (including phenoxy) is 1. The van der Waals surface area contributed by atoms with E-state index in [4.69, 9.17) is 16.3 Å². The highest BCUT2D eigenvalue weighted by Gasteiger charge is 2.22. The van der Waals surface area contributed by atoms with E-state index in [1.54, 1.807) is 12.1 Å². The lowest BCUT2D eigenvalue weighted by molar-refractivity contribution is 0.0607. The fraction of sp³-hybridized carbons (Fsp3) is 0.250. The van der Waals surface area contributed by atoms with Crippen molar-refractivity contribution >= 4 is 54.7 Å². The Labute approximate surface area is 125 Å². The number of alkyl halides is 1. The number of anilines is 1. The Balaban J connectivity index is 2.57. The van der Waals surface area contributed by atoms with Crippen LogP contribution >= 0.6 is 22.9 Å². The predicted octanol–water partition coefficient (Wildman–Crippen LogP) is 2.67. The van der Waals surface area contributed by atoms with Crippen molar-refractivity contribution in [3.05, 3.63) is 29.1 Å².